The van der Waals surface area contributed by atoms with Crippen molar-refractivity contribution in [2.45, 2.75) is 0 Å². The van der Waals surface area contributed by atoms with E-state index in [1.165, 1.54) is 6.07 Å². The zero-order chi connectivity index (χ0) is 14.1. The molecular weight excluding hydrogens is 343 g/mol. The van der Waals surface area contributed by atoms with Gasteiger partial charge in [0.15, 0.2) is 10.6 Å². The van der Waals surface area contributed by atoms with E-state index in [2.05, 4.69) is 31.1 Å². The lowest BCUT2D eigenvalue weighted by atomic mass is 10.3. The monoisotopic (exact) mass is 350 g/mol. The van der Waals surface area contributed by atoms with Crippen molar-refractivity contribution in [2.24, 2.45) is 0 Å². The van der Waals surface area contributed by atoms with Crippen LogP contribution in [0.2, 0.25) is 0 Å². The molecule has 3 aromatic rings. The maximum atomic E-state index is 13.7. The van der Waals surface area contributed by atoms with Crippen molar-refractivity contribution in [1.82, 2.24) is 19.7 Å². The number of nitrogens with zero attached hydrogens (tertiary/aromatic N) is 3. The van der Waals surface area contributed by atoms with Gasteiger partial charge in [-0.25, -0.2) is 4.39 Å². The largest absolute Gasteiger partial charge is 0.267 e. The maximum absolute atomic E-state index is 13.7. The number of nitrogens with one attached hydrogen (secondary N) is 1. The third kappa shape index (κ3) is 2.30. The third-order valence-corrected chi connectivity index (χ3v) is 3.64. The van der Waals surface area contributed by atoms with Gasteiger partial charge in [0.25, 0.3) is 0 Å². The summed E-state index contributed by atoms with van der Waals surface area (Å²) in [5, 5.41) is 6.87. The van der Waals surface area contributed by atoms with Crippen molar-refractivity contribution in [2.75, 3.05) is 0 Å². The molecule has 0 aliphatic rings. The maximum Gasteiger partial charge on any atom is 0.200 e. The van der Waals surface area contributed by atoms with Gasteiger partial charge in [-0.1, -0.05) is 6.07 Å². The number of pyridine rings is 1. The standard InChI is InChI=1S/C13H8BrFN4S/c14-9-5-4-8(7-10(9)15)19-12(17-18-13(19)20)11-3-1-2-6-16-11/h1-7H,(H,18,20). The summed E-state index contributed by atoms with van der Waals surface area (Å²) >= 11 is 8.34. The summed E-state index contributed by atoms with van der Waals surface area (Å²) in [4.78, 5) is 4.24. The van der Waals surface area contributed by atoms with Crippen LogP contribution in [0.1, 0.15) is 0 Å². The summed E-state index contributed by atoms with van der Waals surface area (Å²) in [5.74, 6) is 0.176. The van der Waals surface area contributed by atoms with Gasteiger partial charge in [0.1, 0.15) is 11.5 Å². The number of aromatic amines is 1. The fraction of sp³-hybridized carbons (Fsp3) is 0. The minimum atomic E-state index is -0.363. The van der Waals surface area contributed by atoms with E-state index in [4.69, 9.17) is 12.2 Å². The van der Waals surface area contributed by atoms with E-state index in [-0.39, 0.29) is 5.82 Å². The van der Waals surface area contributed by atoms with Gasteiger partial charge in [-0.15, -0.1) is 0 Å². The Bertz CT molecular complexity index is 813. The van der Waals surface area contributed by atoms with Crippen LogP contribution in [0.25, 0.3) is 17.2 Å². The number of H-pyrrole nitrogens is 1. The Morgan fingerprint density at radius 3 is 2.80 bits per heavy atom. The first kappa shape index (κ1) is 13.1. The van der Waals surface area contributed by atoms with Crippen LogP contribution in [0.5, 0.6) is 0 Å². The van der Waals surface area contributed by atoms with E-state index in [0.717, 1.165) is 0 Å². The van der Waals surface area contributed by atoms with Crippen LogP contribution in [0.3, 0.4) is 0 Å². The SMILES string of the molecule is Fc1cc(-n2c(-c3ccccn3)n[nH]c2=S)ccc1Br. The highest BCUT2D eigenvalue weighted by Crippen LogP contribution is 2.23. The first-order valence-electron chi connectivity index (χ1n) is 5.71. The first-order chi connectivity index (χ1) is 9.66. The van der Waals surface area contributed by atoms with Gasteiger partial charge in [0.05, 0.1) is 10.2 Å². The molecule has 0 spiro atoms. The zero-order valence-corrected chi connectivity index (χ0v) is 12.4. The molecule has 2 heterocycles. The van der Waals surface area contributed by atoms with E-state index in [1.54, 1.807) is 22.9 Å². The highest BCUT2D eigenvalue weighted by Gasteiger charge is 2.12. The van der Waals surface area contributed by atoms with Crippen molar-refractivity contribution in [3.05, 3.63) is 57.7 Å². The molecule has 100 valence electrons. The van der Waals surface area contributed by atoms with E-state index in [0.29, 0.717) is 26.4 Å². The van der Waals surface area contributed by atoms with E-state index >= 15 is 0 Å². The molecule has 0 bridgehead atoms. The molecule has 1 aromatic carbocycles. The number of benzene rings is 1. The summed E-state index contributed by atoms with van der Waals surface area (Å²) in [6.45, 7) is 0. The van der Waals surface area contributed by atoms with Gasteiger partial charge in [-0.2, -0.15) is 5.10 Å². The predicted octanol–water partition coefficient (Wildman–Crippen LogP) is 3.89. The molecule has 7 heteroatoms. The van der Waals surface area contributed by atoms with Gasteiger partial charge in [0.2, 0.25) is 0 Å². The lowest BCUT2D eigenvalue weighted by Crippen LogP contribution is -1.99. The summed E-state index contributed by atoms with van der Waals surface area (Å²) < 4.78 is 16.1. The van der Waals surface area contributed by atoms with Crippen LogP contribution >= 0.6 is 28.1 Å². The molecule has 0 fully saturated rings. The topological polar surface area (TPSA) is 46.5 Å². The van der Waals surface area contributed by atoms with Gasteiger partial charge in [-0.3, -0.25) is 14.6 Å². The normalized spacial score (nSPS) is 10.7. The van der Waals surface area contributed by atoms with E-state index in [1.807, 2.05) is 18.2 Å². The summed E-state index contributed by atoms with van der Waals surface area (Å²) in [5.41, 5.74) is 1.24. The summed E-state index contributed by atoms with van der Waals surface area (Å²) in [6, 6.07) is 10.3. The Balaban J connectivity index is 2.22. The van der Waals surface area contributed by atoms with Crippen LogP contribution in [0, 0.1) is 10.6 Å². The molecule has 0 amide bonds. The van der Waals surface area contributed by atoms with Crippen molar-refractivity contribution in [3.8, 4) is 17.2 Å². The average molecular weight is 351 g/mol. The molecular formula is C13H8BrFN4S. The lowest BCUT2D eigenvalue weighted by Gasteiger charge is -2.07. The van der Waals surface area contributed by atoms with Crippen molar-refractivity contribution >= 4 is 28.1 Å². The van der Waals surface area contributed by atoms with Gasteiger partial charge in [0, 0.05) is 6.20 Å². The molecule has 0 saturated heterocycles. The van der Waals surface area contributed by atoms with Crippen LogP contribution < -0.4 is 0 Å². The molecule has 20 heavy (non-hydrogen) atoms. The molecule has 0 aliphatic carbocycles. The first-order valence-corrected chi connectivity index (χ1v) is 6.91. The zero-order valence-electron chi connectivity index (χ0n) is 10.0. The summed E-state index contributed by atoms with van der Waals surface area (Å²) in [6.07, 6.45) is 1.67. The minimum Gasteiger partial charge on any atom is -0.267 e. The second kappa shape index (κ2) is 5.26. The van der Waals surface area contributed by atoms with Crippen molar-refractivity contribution in [1.29, 1.82) is 0 Å². The quantitative estimate of drug-likeness (QED) is 0.713. The number of hydrogen-bond acceptors (Lipinski definition) is 3. The Morgan fingerprint density at radius 2 is 2.10 bits per heavy atom. The number of aromatic nitrogens is 4. The van der Waals surface area contributed by atoms with Crippen LogP contribution in [0.15, 0.2) is 47.1 Å². The van der Waals surface area contributed by atoms with Crippen LogP contribution in [0.4, 0.5) is 4.39 Å². The molecule has 4 nitrogen and oxygen atoms in total. The van der Waals surface area contributed by atoms with Crippen molar-refractivity contribution in [3.63, 3.8) is 0 Å². The Morgan fingerprint density at radius 1 is 1.25 bits per heavy atom. The molecule has 0 radical (unpaired) electrons. The molecule has 0 unspecified atom stereocenters. The molecule has 3 rings (SSSR count). The lowest BCUT2D eigenvalue weighted by molar-refractivity contribution is 0.620. The number of hydrogen-bond donors (Lipinski definition) is 1. The molecule has 0 aliphatic heterocycles. The van der Waals surface area contributed by atoms with Gasteiger partial charge < -0.3 is 0 Å². The van der Waals surface area contributed by atoms with Crippen molar-refractivity contribution < 1.29 is 4.39 Å². The molecule has 0 atom stereocenters. The van der Waals surface area contributed by atoms with E-state index < -0.39 is 0 Å². The second-order valence-electron chi connectivity index (χ2n) is 4.00. The Hall–Kier alpha value is -1.86. The highest BCUT2D eigenvalue weighted by molar-refractivity contribution is 9.10. The van der Waals surface area contributed by atoms with E-state index in [9.17, 15) is 4.39 Å². The highest BCUT2D eigenvalue weighted by atomic mass is 79.9. The predicted molar refractivity (Wildman–Crippen MR) is 79.6 cm³/mol. The number of halogens is 2. The van der Waals surface area contributed by atoms with Crippen LogP contribution in [-0.2, 0) is 0 Å². The minimum absolute atomic E-state index is 0.363. The molecule has 1 N–H and O–H groups in total. The Kier molecular flexibility index (Phi) is 3.45. The second-order valence-corrected chi connectivity index (χ2v) is 5.24. The molecule has 0 saturated carbocycles. The van der Waals surface area contributed by atoms with Gasteiger partial charge >= 0.3 is 0 Å². The smallest absolute Gasteiger partial charge is 0.200 e. The van der Waals surface area contributed by atoms with Gasteiger partial charge in [-0.05, 0) is 58.5 Å². The molecule has 2 aromatic heterocycles. The fourth-order valence-electron chi connectivity index (χ4n) is 1.83. The third-order valence-electron chi connectivity index (χ3n) is 2.73. The number of rotatable bonds is 2. The van der Waals surface area contributed by atoms with Crippen LogP contribution in [-0.4, -0.2) is 19.7 Å². The fourth-order valence-corrected chi connectivity index (χ4v) is 2.31. The Labute approximate surface area is 127 Å². The average Bonchev–Trinajstić information content (AvgIpc) is 2.85. The summed E-state index contributed by atoms with van der Waals surface area (Å²) in [7, 11) is 0.